The number of likely N-dealkylation sites (tertiary alicyclic amines) is 1. The number of hydrogen-bond acceptors (Lipinski definition) is 5. The van der Waals surface area contributed by atoms with Gasteiger partial charge in [-0.15, -0.1) is 0 Å². The van der Waals surface area contributed by atoms with E-state index in [1.807, 2.05) is 13.8 Å². The van der Waals surface area contributed by atoms with Crippen LogP contribution in [-0.4, -0.2) is 58.9 Å². The highest BCUT2D eigenvalue weighted by Gasteiger charge is 2.23. The molecule has 6 heteroatoms. The number of rotatable bonds is 13. The van der Waals surface area contributed by atoms with E-state index < -0.39 is 0 Å². The van der Waals surface area contributed by atoms with Gasteiger partial charge in [-0.05, 0) is 76.8 Å². The Morgan fingerprint density at radius 3 is 2.38 bits per heavy atom. The molecule has 0 amide bonds. The average Bonchev–Trinajstić information content (AvgIpc) is 3.25. The van der Waals surface area contributed by atoms with Crippen molar-refractivity contribution in [1.29, 1.82) is 0 Å². The van der Waals surface area contributed by atoms with Gasteiger partial charge in [0.1, 0.15) is 0 Å². The van der Waals surface area contributed by atoms with Gasteiger partial charge in [-0.2, -0.15) is 0 Å². The first-order chi connectivity index (χ1) is 18.9. The summed E-state index contributed by atoms with van der Waals surface area (Å²) in [6.07, 6.45) is 4.88. The van der Waals surface area contributed by atoms with Crippen LogP contribution < -0.4 is 10.6 Å². The van der Waals surface area contributed by atoms with Gasteiger partial charge in [-0.25, -0.2) is 4.98 Å². The Morgan fingerprint density at radius 2 is 1.77 bits per heavy atom. The van der Waals surface area contributed by atoms with Crippen molar-refractivity contribution in [2.45, 2.75) is 114 Å². The highest BCUT2D eigenvalue weighted by molar-refractivity contribution is 5.82. The van der Waals surface area contributed by atoms with Gasteiger partial charge in [0.25, 0.3) is 0 Å². The molecule has 1 aromatic heterocycles. The van der Waals surface area contributed by atoms with E-state index in [1.54, 1.807) is 0 Å². The van der Waals surface area contributed by atoms with Crippen molar-refractivity contribution in [2.75, 3.05) is 38.0 Å². The lowest BCUT2D eigenvalue weighted by atomic mass is 9.85. The van der Waals surface area contributed by atoms with Gasteiger partial charge in [0.15, 0.2) is 0 Å². The average molecular weight is 553 g/mol. The summed E-state index contributed by atoms with van der Waals surface area (Å²) >= 11 is 0. The topological polar surface area (TPSA) is 57.5 Å². The fourth-order valence-corrected chi connectivity index (χ4v) is 5.20. The molecule has 2 aromatic rings. The van der Waals surface area contributed by atoms with Crippen LogP contribution in [0.1, 0.15) is 100 Å². The number of nitrogens with one attached hydrogen (secondary N) is 2. The van der Waals surface area contributed by atoms with Crippen LogP contribution in [0.15, 0.2) is 34.5 Å². The number of hydrogen-bond donors (Lipinski definition) is 2. The molecule has 0 radical (unpaired) electrons. The van der Waals surface area contributed by atoms with E-state index in [2.05, 4.69) is 101 Å². The Balaban J connectivity index is 0.00000274. The second-order valence-electron chi connectivity index (χ2n) is 13.0. The Labute approximate surface area is 246 Å². The van der Waals surface area contributed by atoms with Gasteiger partial charge < -0.3 is 20.1 Å². The number of aromatic nitrogens is 2. The summed E-state index contributed by atoms with van der Waals surface area (Å²) in [5.74, 6) is 1.76. The van der Waals surface area contributed by atoms with E-state index in [9.17, 15) is 0 Å². The van der Waals surface area contributed by atoms with Crippen LogP contribution in [-0.2, 0) is 6.54 Å². The highest BCUT2D eigenvalue weighted by atomic mass is 15.2. The van der Waals surface area contributed by atoms with Gasteiger partial charge in [-0.3, -0.25) is 4.99 Å². The molecular weight excluding hydrogens is 492 g/mol. The van der Waals surface area contributed by atoms with E-state index in [0.717, 1.165) is 80.9 Å². The van der Waals surface area contributed by atoms with Crippen molar-refractivity contribution >= 4 is 22.7 Å². The molecule has 0 aliphatic carbocycles. The van der Waals surface area contributed by atoms with Crippen molar-refractivity contribution in [1.82, 2.24) is 19.8 Å². The first-order valence-corrected chi connectivity index (χ1v) is 15.8. The Bertz CT molecular complexity index is 1090. The Kier molecular flexibility index (Phi) is 13.9. The molecule has 0 spiro atoms. The van der Waals surface area contributed by atoms with Crippen LogP contribution >= 0.6 is 0 Å². The molecule has 1 aliphatic heterocycles. The minimum atomic E-state index is 0.373. The second kappa shape index (κ2) is 16.3. The number of fused-ring (bicyclic) bond motifs is 1. The molecule has 2 N–H and O–H groups in total. The zero-order chi connectivity index (χ0) is 29.9. The number of aliphatic imine (C=N–C) groups is 1. The van der Waals surface area contributed by atoms with Crippen LogP contribution in [0.4, 0.5) is 5.95 Å². The van der Waals surface area contributed by atoms with E-state index in [4.69, 9.17) is 9.98 Å². The van der Waals surface area contributed by atoms with Crippen molar-refractivity contribution in [3.8, 4) is 0 Å². The molecule has 3 rings (SSSR count). The lowest BCUT2D eigenvalue weighted by molar-refractivity contribution is 0.212. The number of nitrogens with zero attached hydrogens (tertiary/aromatic N) is 4. The Morgan fingerprint density at radius 1 is 1.10 bits per heavy atom. The molecule has 0 saturated carbocycles. The molecule has 1 saturated heterocycles. The number of anilines is 1. The minimum Gasteiger partial charge on any atom is -0.353 e. The first-order valence-electron chi connectivity index (χ1n) is 15.8. The van der Waals surface area contributed by atoms with Crippen LogP contribution in [0.5, 0.6) is 0 Å². The predicted molar refractivity (Wildman–Crippen MR) is 177 cm³/mol. The fourth-order valence-electron chi connectivity index (χ4n) is 5.20. The maximum Gasteiger partial charge on any atom is 0.204 e. The standard InChI is InChI=1S/C32H54N6.C2H6/c1-23(2)13-16-32(8,9)22-33-17-20-37-18-14-27(15-19-37)35-31-36-30-26(7)11-10-12-29(30)38(31)21-28(24(3)4)34-25(5)6;1-2/h10-12,23,27,33H,13-22H2,1-9H3,(H,35,36);1-2H3. The molecule has 40 heavy (non-hydrogen) atoms. The largest absolute Gasteiger partial charge is 0.353 e. The Hall–Kier alpha value is -2.18. The zero-order valence-electron chi connectivity index (χ0n) is 27.7. The normalized spacial score (nSPS) is 14.7. The van der Waals surface area contributed by atoms with Crippen LogP contribution in [0.3, 0.4) is 0 Å². The second-order valence-corrected chi connectivity index (χ2v) is 13.0. The quantitative estimate of drug-likeness (QED) is 0.195. The summed E-state index contributed by atoms with van der Waals surface area (Å²) in [5.41, 5.74) is 7.29. The van der Waals surface area contributed by atoms with Gasteiger partial charge in [-0.1, -0.05) is 65.7 Å². The van der Waals surface area contributed by atoms with Crippen LogP contribution in [0, 0.1) is 18.3 Å². The molecule has 1 aromatic carbocycles. The first kappa shape index (κ1) is 34.0. The van der Waals surface area contributed by atoms with Crippen molar-refractivity contribution < 1.29 is 0 Å². The fraction of sp³-hybridized carbons (Fsp3) is 0.706. The van der Waals surface area contributed by atoms with Crippen LogP contribution in [0.25, 0.3) is 11.0 Å². The summed E-state index contributed by atoms with van der Waals surface area (Å²) in [4.78, 5) is 12.5. The molecule has 2 heterocycles. The summed E-state index contributed by atoms with van der Waals surface area (Å²) in [6.45, 7) is 30.3. The monoisotopic (exact) mass is 552 g/mol. The third-order valence-electron chi connectivity index (χ3n) is 7.75. The summed E-state index contributed by atoms with van der Waals surface area (Å²) in [6, 6.07) is 6.91. The minimum absolute atomic E-state index is 0.373. The number of para-hydroxylation sites is 1. The zero-order valence-corrected chi connectivity index (χ0v) is 27.7. The van der Waals surface area contributed by atoms with Gasteiger partial charge in [0.05, 0.1) is 23.3 Å². The lowest BCUT2D eigenvalue weighted by Crippen LogP contribution is -2.43. The molecule has 226 valence electrons. The molecule has 0 unspecified atom stereocenters. The van der Waals surface area contributed by atoms with Crippen LogP contribution in [0.2, 0.25) is 0 Å². The third kappa shape index (κ3) is 10.7. The number of piperidine rings is 1. The number of imidazole rings is 1. The summed E-state index contributed by atoms with van der Waals surface area (Å²) in [7, 11) is 0. The van der Waals surface area contributed by atoms with E-state index in [-0.39, 0.29) is 0 Å². The third-order valence-corrected chi connectivity index (χ3v) is 7.75. The number of aryl methyl sites for hydroxylation is 1. The summed E-state index contributed by atoms with van der Waals surface area (Å²) < 4.78 is 2.33. The van der Waals surface area contributed by atoms with E-state index in [0.29, 0.717) is 11.5 Å². The molecule has 0 atom stereocenters. The highest BCUT2D eigenvalue weighted by Crippen LogP contribution is 2.27. The van der Waals surface area contributed by atoms with Gasteiger partial charge in [0, 0.05) is 44.5 Å². The maximum absolute atomic E-state index is 5.08. The molecule has 0 bridgehead atoms. The van der Waals surface area contributed by atoms with Crippen molar-refractivity contribution in [3.63, 3.8) is 0 Å². The molecule has 1 fully saturated rings. The van der Waals surface area contributed by atoms with Crippen molar-refractivity contribution in [2.24, 2.45) is 16.3 Å². The maximum atomic E-state index is 5.08. The summed E-state index contributed by atoms with van der Waals surface area (Å²) in [5, 5.41) is 7.56. The van der Waals surface area contributed by atoms with E-state index >= 15 is 0 Å². The number of allylic oxidation sites excluding steroid dienone is 2. The van der Waals surface area contributed by atoms with Gasteiger partial charge in [0.2, 0.25) is 5.95 Å². The predicted octanol–water partition coefficient (Wildman–Crippen LogP) is 8.07. The molecule has 1 aliphatic rings. The SMILES string of the molecule is CC.CC(C)=NC(Cn1c(NC2CCN(CCNCC(C)(C)CCC(C)C)CC2)nc2c(C)cccc21)=C(C)C. The smallest absolute Gasteiger partial charge is 0.204 e. The molecular formula is C34H60N6. The van der Waals surface area contributed by atoms with E-state index in [1.165, 1.54) is 29.5 Å². The molecule has 6 nitrogen and oxygen atoms in total. The lowest BCUT2D eigenvalue weighted by Gasteiger charge is -2.33. The van der Waals surface area contributed by atoms with Crippen molar-refractivity contribution in [3.05, 3.63) is 35.0 Å². The van der Waals surface area contributed by atoms with Gasteiger partial charge >= 0.3 is 0 Å². The number of benzene rings is 1.